The Kier molecular flexibility index (Phi) is 3.46. The lowest BCUT2D eigenvalue weighted by Gasteiger charge is -2.36. The van der Waals surface area contributed by atoms with Crippen molar-refractivity contribution < 1.29 is 0 Å². The van der Waals surface area contributed by atoms with Crippen molar-refractivity contribution >= 4 is 11.6 Å². The van der Waals surface area contributed by atoms with Crippen molar-refractivity contribution in [1.82, 2.24) is 9.97 Å². The molecule has 0 radical (unpaired) electrons. The van der Waals surface area contributed by atoms with Crippen LogP contribution >= 0.6 is 0 Å². The van der Waals surface area contributed by atoms with E-state index in [1.807, 2.05) is 13.8 Å². The van der Waals surface area contributed by atoms with E-state index in [4.69, 9.17) is 5.73 Å². The van der Waals surface area contributed by atoms with Gasteiger partial charge in [0.15, 0.2) is 0 Å². The molecule has 0 spiro atoms. The predicted molar refractivity (Wildman–Crippen MR) is 75.6 cm³/mol. The summed E-state index contributed by atoms with van der Waals surface area (Å²) in [6.45, 7) is 8.54. The maximum atomic E-state index is 5.89. The number of nitrogens with zero attached hydrogens (tertiary/aromatic N) is 2. The number of anilines is 2. The monoisotopic (exact) mass is 248 g/mol. The Balaban J connectivity index is 2.14. The minimum atomic E-state index is 0.428. The zero-order chi connectivity index (χ0) is 13.3. The molecule has 0 bridgehead atoms. The van der Waals surface area contributed by atoms with Crippen LogP contribution in [-0.4, -0.2) is 16.0 Å². The van der Waals surface area contributed by atoms with Crippen molar-refractivity contribution in [2.45, 2.75) is 59.4 Å². The number of nitrogen functional groups attached to an aromatic ring is 1. The molecule has 1 heterocycles. The van der Waals surface area contributed by atoms with E-state index in [0.29, 0.717) is 17.3 Å². The van der Waals surface area contributed by atoms with Crippen LogP contribution < -0.4 is 11.1 Å². The first-order valence-electron chi connectivity index (χ1n) is 6.75. The predicted octanol–water partition coefficient (Wildman–Crippen LogP) is 3.06. The highest BCUT2D eigenvalue weighted by atomic mass is 15.1. The van der Waals surface area contributed by atoms with Gasteiger partial charge in [0, 0.05) is 11.6 Å². The van der Waals surface area contributed by atoms with Gasteiger partial charge in [-0.1, -0.05) is 20.3 Å². The van der Waals surface area contributed by atoms with Gasteiger partial charge in [0.05, 0.1) is 0 Å². The fourth-order valence-electron chi connectivity index (χ4n) is 2.81. The average molecular weight is 248 g/mol. The van der Waals surface area contributed by atoms with Gasteiger partial charge in [0.25, 0.3) is 0 Å². The topological polar surface area (TPSA) is 63.8 Å². The Bertz CT molecular complexity index is 440. The van der Waals surface area contributed by atoms with Crippen molar-refractivity contribution in [1.29, 1.82) is 0 Å². The van der Waals surface area contributed by atoms with E-state index in [9.17, 15) is 0 Å². The molecule has 100 valence electrons. The van der Waals surface area contributed by atoms with Crippen LogP contribution in [0, 0.1) is 19.3 Å². The maximum Gasteiger partial charge on any atom is 0.134 e. The molecular weight excluding hydrogens is 224 g/mol. The minimum absolute atomic E-state index is 0.428. The molecule has 0 amide bonds. The molecule has 1 atom stereocenters. The quantitative estimate of drug-likeness (QED) is 0.844. The maximum absolute atomic E-state index is 5.89. The van der Waals surface area contributed by atoms with E-state index in [1.165, 1.54) is 25.7 Å². The average Bonchev–Trinajstić information content (AvgIpc) is 2.24. The summed E-state index contributed by atoms with van der Waals surface area (Å²) < 4.78 is 0. The molecule has 0 aromatic carbocycles. The van der Waals surface area contributed by atoms with Gasteiger partial charge in [0.1, 0.15) is 17.5 Å². The Labute approximate surface area is 109 Å². The highest BCUT2D eigenvalue weighted by molar-refractivity contribution is 5.55. The summed E-state index contributed by atoms with van der Waals surface area (Å²) in [4.78, 5) is 8.66. The second-order valence-corrected chi connectivity index (χ2v) is 6.23. The lowest BCUT2D eigenvalue weighted by atomic mass is 9.75. The Morgan fingerprint density at radius 1 is 1.28 bits per heavy atom. The van der Waals surface area contributed by atoms with Gasteiger partial charge in [-0.2, -0.15) is 0 Å². The van der Waals surface area contributed by atoms with Crippen LogP contribution in [0.4, 0.5) is 11.6 Å². The summed E-state index contributed by atoms with van der Waals surface area (Å²) >= 11 is 0. The summed E-state index contributed by atoms with van der Waals surface area (Å²) in [5.41, 5.74) is 7.28. The van der Waals surface area contributed by atoms with Crippen molar-refractivity contribution in [2.24, 2.45) is 5.41 Å². The van der Waals surface area contributed by atoms with Crippen LogP contribution in [0.15, 0.2) is 0 Å². The van der Waals surface area contributed by atoms with Crippen molar-refractivity contribution in [3.63, 3.8) is 0 Å². The molecule has 18 heavy (non-hydrogen) atoms. The molecule has 1 aromatic heterocycles. The second-order valence-electron chi connectivity index (χ2n) is 6.23. The Morgan fingerprint density at radius 3 is 2.67 bits per heavy atom. The smallest absolute Gasteiger partial charge is 0.134 e. The number of nitrogens with two attached hydrogens (primary N) is 1. The summed E-state index contributed by atoms with van der Waals surface area (Å²) in [5, 5.41) is 3.56. The lowest BCUT2D eigenvalue weighted by molar-refractivity contribution is 0.229. The lowest BCUT2D eigenvalue weighted by Crippen LogP contribution is -2.32. The fourth-order valence-corrected chi connectivity index (χ4v) is 2.81. The molecular formula is C14H24N4. The Hall–Kier alpha value is -1.32. The molecule has 1 saturated carbocycles. The number of rotatable bonds is 2. The van der Waals surface area contributed by atoms with E-state index in [-0.39, 0.29) is 0 Å². The molecule has 1 fully saturated rings. The molecule has 1 aromatic rings. The third kappa shape index (κ3) is 2.92. The molecule has 1 aliphatic carbocycles. The summed E-state index contributed by atoms with van der Waals surface area (Å²) in [7, 11) is 0. The van der Waals surface area contributed by atoms with Gasteiger partial charge in [-0.05, 0) is 38.5 Å². The molecule has 2 rings (SSSR count). The third-order valence-corrected chi connectivity index (χ3v) is 3.84. The number of aryl methyl sites for hydroxylation is 1. The van der Waals surface area contributed by atoms with Crippen LogP contribution in [0.5, 0.6) is 0 Å². The molecule has 1 aliphatic rings. The van der Waals surface area contributed by atoms with Crippen molar-refractivity contribution in [3.05, 3.63) is 11.4 Å². The van der Waals surface area contributed by atoms with E-state index in [0.717, 1.165) is 17.2 Å². The van der Waals surface area contributed by atoms with Crippen LogP contribution in [-0.2, 0) is 0 Å². The first-order chi connectivity index (χ1) is 8.37. The molecule has 3 N–H and O–H groups in total. The normalized spacial score (nSPS) is 22.8. The summed E-state index contributed by atoms with van der Waals surface area (Å²) in [5.74, 6) is 2.22. The van der Waals surface area contributed by atoms with Gasteiger partial charge in [-0.15, -0.1) is 0 Å². The molecule has 0 aliphatic heterocycles. The number of aromatic nitrogens is 2. The van der Waals surface area contributed by atoms with Gasteiger partial charge in [-0.25, -0.2) is 9.97 Å². The van der Waals surface area contributed by atoms with E-state index in [2.05, 4.69) is 29.1 Å². The van der Waals surface area contributed by atoms with Crippen LogP contribution in [0.3, 0.4) is 0 Å². The standard InChI is InChI=1S/C14H24N4/c1-9-12(15)16-10(2)17-13(9)18-11-6-5-7-14(3,4)8-11/h11H,5-8H2,1-4H3,(H3,15,16,17,18). The van der Waals surface area contributed by atoms with Gasteiger partial charge < -0.3 is 11.1 Å². The van der Waals surface area contributed by atoms with E-state index >= 15 is 0 Å². The highest BCUT2D eigenvalue weighted by Gasteiger charge is 2.28. The van der Waals surface area contributed by atoms with Crippen molar-refractivity contribution in [3.8, 4) is 0 Å². The van der Waals surface area contributed by atoms with Gasteiger partial charge in [0.2, 0.25) is 0 Å². The molecule has 0 saturated heterocycles. The van der Waals surface area contributed by atoms with E-state index in [1.54, 1.807) is 0 Å². The summed E-state index contributed by atoms with van der Waals surface area (Å²) in [6.07, 6.45) is 5.00. The number of hydrogen-bond acceptors (Lipinski definition) is 4. The largest absolute Gasteiger partial charge is 0.383 e. The van der Waals surface area contributed by atoms with Gasteiger partial charge in [-0.3, -0.25) is 0 Å². The Morgan fingerprint density at radius 2 is 2.00 bits per heavy atom. The SMILES string of the molecule is Cc1nc(N)c(C)c(NC2CCCC(C)(C)C2)n1. The van der Waals surface area contributed by atoms with Gasteiger partial charge >= 0.3 is 0 Å². The van der Waals surface area contributed by atoms with Crippen LogP contribution in [0.2, 0.25) is 0 Å². The fraction of sp³-hybridized carbons (Fsp3) is 0.714. The molecule has 1 unspecified atom stereocenters. The van der Waals surface area contributed by atoms with Crippen LogP contribution in [0.25, 0.3) is 0 Å². The number of nitrogens with one attached hydrogen (secondary N) is 1. The number of hydrogen-bond donors (Lipinski definition) is 2. The minimum Gasteiger partial charge on any atom is -0.383 e. The molecule has 4 heteroatoms. The van der Waals surface area contributed by atoms with E-state index < -0.39 is 0 Å². The molecule has 4 nitrogen and oxygen atoms in total. The zero-order valence-electron chi connectivity index (χ0n) is 11.9. The first-order valence-corrected chi connectivity index (χ1v) is 6.75. The first kappa shape index (κ1) is 13.1. The summed E-state index contributed by atoms with van der Waals surface area (Å²) in [6, 6.07) is 0.501. The zero-order valence-corrected chi connectivity index (χ0v) is 11.9. The second kappa shape index (κ2) is 4.75. The van der Waals surface area contributed by atoms with Crippen molar-refractivity contribution in [2.75, 3.05) is 11.1 Å². The highest BCUT2D eigenvalue weighted by Crippen LogP contribution is 2.36. The van der Waals surface area contributed by atoms with Crippen LogP contribution in [0.1, 0.15) is 50.9 Å². The third-order valence-electron chi connectivity index (χ3n) is 3.84.